The highest BCUT2D eigenvalue weighted by Crippen LogP contribution is 2.19. The quantitative estimate of drug-likeness (QED) is 0.420. The molecule has 0 saturated carbocycles. The van der Waals surface area contributed by atoms with E-state index in [0.29, 0.717) is 36.9 Å². The Morgan fingerprint density at radius 2 is 1.40 bits per heavy atom. The van der Waals surface area contributed by atoms with Crippen molar-refractivity contribution in [2.45, 2.75) is 32.9 Å². The summed E-state index contributed by atoms with van der Waals surface area (Å²) in [5.74, 6) is 1.14. The molecule has 184 valence electrons. The highest BCUT2D eigenvalue weighted by atomic mass is 16.5. The van der Waals surface area contributed by atoms with Gasteiger partial charge in [-0.1, -0.05) is 74.5 Å². The number of methoxy groups -OCH3 is 1. The number of amides is 2. The summed E-state index contributed by atoms with van der Waals surface area (Å²) in [5.41, 5.74) is 1.93. The molecule has 0 bridgehead atoms. The zero-order valence-corrected chi connectivity index (χ0v) is 20.6. The van der Waals surface area contributed by atoms with Crippen LogP contribution in [0.25, 0.3) is 0 Å². The number of carbonyl (C=O) groups is 2. The number of hydrogen-bond acceptors (Lipinski definition) is 4. The molecule has 0 radical (unpaired) electrons. The van der Waals surface area contributed by atoms with Crippen molar-refractivity contribution >= 4 is 11.8 Å². The number of ether oxygens (including phenoxy) is 2. The first kappa shape index (κ1) is 25.8. The summed E-state index contributed by atoms with van der Waals surface area (Å²) < 4.78 is 11.0. The fourth-order valence-electron chi connectivity index (χ4n) is 3.66. The maximum absolute atomic E-state index is 13.5. The molecule has 3 rings (SSSR count). The van der Waals surface area contributed by atoms with E-state index in [1.807, 2.05) is 74.5 Å². The fraction of sp³-hybridized carbons (Fsp3) is 0.310. The van der Waals surface area contributed by atoms with Gasteiger partial charge in [0.15, 0.2) is 6.61 Å². The van der Waals surface area contributed by atoms with E-state index in [1.54, 1.807) is 36.3 Å². The Morgan fingerprint density at radius 1 is 0.829 bits per heavy atom. The van der Waals surface area contributed by atoms with Crippen LogP contribution in [0.5, 0.6) is 11.5 Å². The Hall–Kier alpha value is -3.80. The van der Waals surface area contributed by atoms with Crippen LogP contribution in [-0.4, -0.2) is 43.0 Å². The predicted octanol–water partition coefficient (Wildman–Crippen LogP) is 4.49. The highest BCUT2D eigenvalue weighted by Gasteiger charge is 2.30. The third-order valence-electron chi connectivity index (χ3n) is 5.57. The van der Waals surface area contributed by atoms with Gasteiger partial charge in [0.1, 0.15) is 17.5 Å². The molecule has 0 fully saturated rings. The average molecular weight is 475 g/mol. The van der Waals surface area contributed by atoms with Gasteiger partial charge < -0.3 is 19.7 Å². The van der Waals surface area contributed by atoms with E-state index in [4.69, 9.17) is 9.47 Å². The maximum Gasteiger partial charge on any atom is 0.261 e. The van der Waals surface area contributed by atoms with Crippen molar-refractivity contribution in [3.8, 4) is 11.5 Å². The number of hydrogen-bond donors (Lipinski definition) is 1. The van der Waals surface area contributed by atoms with Crippen LogP contribution in [0.1, 0.15) is 25.0 Å². The lowest BCUT2D eigenvalue weighted by molar-refractivity contribution is -0.142. The van der Waals surface area contributed by atoms with E-state index in [-0.39, 0.29) is 18.4 Å². The zero-order valence-electron chi connectivity index (χ0n) is 20.6. The molecular weight excluding hydrogens is 440 g/mol. The summed E-state index contributed by atoms with van der Waals surface area (Å²) in [4.78, 5) is 28.5. The molecule has 6 nitrogen and oxygen atoms in total. The molecule has 0 heterocycles. The van der Waals surface area contributed by atoms with Crippen molar-refractivity contribution < 1.29 is 19.1 Å². The van der Waals surface area contributed by atoms with Crippen molar-refractivity contribution in [3.63, 3.8) is 0 Å². The van der Waals surface area contributed by atoms with Gasteiger partial charge in [0, 0.05) is 19.5 Å². The van der Waals surface area contributed by atoms with E-state index in [1.165, 1.54) is 0 Å². The van der Waals surface area contributed by atoms with E-state index >= 15 is 0 Å². The molecule has 1 N–H and O–H groups in total. The number of nitrogens with zero attached hydrogens (tertiary/aromatic N) is 1. The minimum Gasteiger partial charge on any atom is -0.497 e. The number of carbonyl (C=O) groups excluding carboxylic acids is 2. The molecule has 3 aromatic carbocycles. The molecule has 0 aliphatic carbocycles. The normalized spacial score (nSPS) is 11.5. The Labute approximate surface area is 207 Å². The lowest BCUT2D eigenvalue weighted by Gasteiger charge is -2.31. The molecule has 2 amide bonds. The smallest absolute Gasteiger partial charge is 0.261 e. The predicted molar refractivity (Wildman–Crippen MR) is 137 cm³/mol. The van der Waals surface area contributed by atoms with Gasteiger partial charge in [-0.25, -0.2) is 0 Å². The van der Waals surface area contributed by atoms with Gasteiger partial charge in [0.2, 0.25) is 5.91 Å². The van der Waals surface area contributed by atoms with Gasteiger partial charge in [-0.3, -0.25) is 9.59 Å². The van der Waals surface area contributed by atoms with E-state index < -0.39 is 6.04 Å². The molecule has 3 aromatic rings. The maximum atomic E-state index is 13.5. The zero-order chi connectivity index (χ0) is 25.0. The van der Waals surface area contributed by atoms with Crippen molar-refractivity contribution in [1.29, 1.82) is 0 Å². The summed E-state index contributed by atoms with van der Waals surface area (Å²) in [7, 11) is 1.60. The van der Waals surface area contributed by atoms with Crippen LogP contribution in [0.3, 0.4) is 0 Å². The molecular formula is C29H34N2O4. The van der Waals surface area contributed by atoms with Gasteiger partial charge in [-0.2, -0.15) is 0 Å². The van der Waals surface area contributed by atoms with Crippen LogP contribution >= 0.6 is 0 Å². The second-order valence-electron chi connectivity index (χ2n) is 8.82. The second kappa shape index (κ2) is 13.2. The van der Waals surface area contributed by atoms with Crippen molar-refractivity contribution in [3.05, 3.63) is 96.1 Å². The molecule has 0 spiro atoms. The largest absolute Gasteiger partial charge is 0.497 e. The minimum absolute atomic E-state index is 0.170. The first-order chi connectivity index (χ1) is 17.0. The second-order valence-corrected chi connectivity index (χ2v) is 8.82. The van der Waals surface area contributed by atoms with Crippen LogP contribution in [0, 0.1) is 5.92 Å². The lowest BCUT2D eigenvalue weighted by Crippen LogP contribution is -2.52. The molecule has 0 aliphatic rings. The SMILES string of the molecule is COc1ccc(OCC(=O)N(Cc2ccccc2)[C@H](Cc2ccccc2)C(=O)NCC(C)C)cc1. The topological polar surface area (TPSA) is 67.9 Å². The first-order valence-electron chi connectivity index (χ1n) is 11.9. The van der Waals surface area contributed by atoms with Crippen molar-refractivity contribution in [1.82, 2.24) is 10.2 Å². The van der Waals surface area contributed by atoms with Gasteiger partial charge in [0.05, 0.1) is 7.11 Å². The summed E-state index contributed by atoms with van der Waals surface area (Å²) >= 11 is 0. The van der Waals surface area contributed by atoms with Gasteiger partial charge in [0.25, 0.3) is 5.91 Å². The molecule has 6 heteroatoms. The summed E-state index contributed by atoms with van der Waals surface area (Å²) in [6, 6.07) is 25.8. The number of rotatable bonds is 12. The molecule has 1 atom stereocenters. The molecule has 0 aliphatic heterocycles. The monoisotopic (exact) mass is 474 g/mol. The van der Waals surface area contributed by atoms with E-state index in [2.05, 4.69) is 5.32 Å². The molecule has 35 heavy (non-hydrogen) atoms. The van der Waals surface area contributed by atoms with Crippen LogP contribution in [0.2, 0.25) is 0 Å². The highest BCUT2D eigenvalue weighted by molar-refractivity contribution is 5.88. The Bertz CT molecular complexity index is 1050. The van der Waals surface area contributed by atoms with Crippen molar-refractivity contribution in [2.75, 3.05) is 20.3 Å². The minimum atomic E-state index is -0.677. The van der Waals surface area contributed by atoms with Crippen LogP contribution in [-0.2, 0) is 22.6 Å². The molecule has 0 unspecified atom stereocenters. The van der Waals surface area contributed by atoms with E-state index in [9.17, 15) is 9.59 Å². The van der Waals surface area contributed by atoms with Crippen molar-refractivity contribution in [2.24, 2.45) is 5.92 Å². The van der Waals surface area contributed by atoms with Crippen LogP contribution < -0.4 is 14.8 Å². The Balaban J connectivity index is 1.85. The van der Waals surface area contributed by atoms with Gasteiger partial charge in [-0.05, 0) is 41.3 Å². The first-order valence-corrected chi connectivity index (χ1v) is 11.9. The third-order valence-corrected chi connectivity index (χ3v) is 5.57. The van der Waals surface area contributed by atoms with Crippen LogP contribution in [0.15, 0.2) is 84.9 Å². The Kier molecular flexibility index (Phi) is 9.72. The summed E-state index contributed by atoms with van der Waals surface area (Å²) in [6.45, 7) is 4.75. The molecule has 0 aromatic heterocycles. The van der Waals surface area contributed by atoms with Gasteiger partial charge >= 0.3 is 0 Å². The summed E-state index contributed by atoms with van der Waals surface area (Å²) in [6.07, 6.45) is 0.409. The summed E-state index contributed by atoms with van der Waals surface area (Å²) in [5, 5.41) is 3.02. The Morgan fingerprint density at radius 3 is 1.97 bits per heavy atom. The number of nitrogens with one attached hydrogen (secondary N) is 1. The fourth-order valence-corrected chi connectivity index (χ4v) is 3.66. The average Bonchev–Trinajstić information content (AvgIpc) is 2.89. The van der Waals surface area contributed by atoms with E-state index in [0.717, 1.165) is 11.1 Å². The number of benzene rings is 3. The third kappa shape index (κ3) is 8.18. The standard InChI is InChI=1S/C29H34N2O4/c1-22(2)19-30-29(33)27(18-23-10-6-4-7-11-23)31(20-24-12-8-5-9-13-24)28(32)21-35-26-16-14-25(34-3)15-17-26/h4-17,22,27H,18-21H2,1-3H3,(H,30,33)/t27-/m1/s1. The van der Waals surface area contributed by atoms with Crippen LogP contribution in [0.4, 0.5) is 0 Å². The molecule has 0 saturated heterocycles. The lowest BCUT2D eigenvalue weighted by atomic mass is 10.0. The van der Waals surface area contributed by atoms with Gasteiger partial charge in [-0.15, -0.1) is 0 Å².